The van der Waals surface area contributed by atoms with E-state index in [0.29, 0.717) is 5.69 Å². The van der Waals surface area contributed by atoms with Gasteiger partial charge in [-0.3, -0.25) is 4.79 Å². The normalized spacial score (nSPS) is 11.6. The van der Waals surface area contributed by atoms with Gasteiger partial charge in [0.2, 0.25) is 15.9 Å². The average molecular weight is 401 g/mol. The number of nitrogens with one attached hydrogen (secondary N) is 1. The van der Waals surface area contributed by atoms with Crippen molar-refractivity contribution in [3.05, 3.63) is 58.1 Å². The summed E-state index contributed by atoms with van der Waals surface area (Å²) in [7, 11) is -2.62. The van der Waals surface area contributed by atoms with Crippen molar-refractivity contribution in [3.63, 3.8) is 0 Å². The van der Waals surface area contributed by atoms with Crippen LogP contribution in [0.2, 0.25) is 10.0 Å². The number of hydrogen-bond acceptors (Lipinski definition) is 3. The minimum atomic E-state index is -3.93. The minimum Gasteiger partial charge on any atom is -0.325 e. The third-order valence-corrected chi connectivity index (χ3v) is 6.11. The van der Waals surface area contributed by atoms with E-state index in [0.717, 1.165) is 16.3 Å². The second-order valence-corrected chi connectivity index (χ2v) is 8.29. The van der Waals surface area contributed by atoms with Gasteiger partial charge >= 0.3 is 0 Å². The topological polar surface area (TPSA) is 66.5 Å². The lowest BCUT2D eigenvalue weighted by Crippen LogP contribution is -2.35. The van der Waals surface area contributed by atoms with Gasteiger partial charge in [-0.25, -0.2) is 8.42 Å². The van der Waals surface area contributed by atoms with Crippen molar-refractivity contribution in [3.8, 4) is 0 Å². The molecule has 8 heteroatoms. The lowest BCUT2D eigenvalue weighted by Gasteiger charge is -2.18. The van der Waals surface area contributed by atoms with E-state index in [1.807, 2.05) is 19.1 Å². The van der Waals surface area contributed by atoms with Crippen LogP contribution >= 0.6 is 23.2 Å². The Kier molecular flexibility index (Phi) is 6.46. The van der Waals surface area contributed by atoms with Crippen molar-refractivity contribution in [2.45, 2.75) is 18.2 Å². The van der Waals surface area contributed by atoms with Crippen LogP contribution in [0.5, 0.6) is 0 Å². The quantitative estimate of drug-likeness (QED) is 0.801. The van der Waals surface area contributed by atoms with E-state index in [1.165, 1.54) is 25.2 Å². The van der Waals surface area contributed by atoms with Gasteiger partial charge in [-0.05, 0) is 42.3 Å². The molecule has 0 saturated carbocycles. The van der Waals surface area contributed by atoms with Crippen molar-refractivity contribution in [1.29, 1.82) is 0 Å². The average Bonchev–Trinajstić information content (AvgIpc) is 2.57. The number of likely N-dealkylation sites (N-methyl/N-ethyl adjacent to an activating group) is 1. The number of aryl methyl sites for hydroxylation is 1. The maximum atomic E-state index is 12.6. The summed E-state index contributed by atoms with van der Waals surface area (Å²) >= 11 is 11.8. The molecular formula is C17H18Cl2N2O3S. The second kappa shape index (κ2) is 8.19. The lowest BCUT2D eigenvalue weighted by molar-refractivity contribution is -0.116. The predicted octanol–water partition coefficient (Wildman–Crippen LogP) is 3.82. The van der Waals surface area contributed by atoms with Gasteiger partial charge in [0.25, 0.3) is 0 Å². The van der Waals surface area contributed by atoms with E-state index in [4.69, 9.17) is 23.2 Å². The van der Waals surface area contributed by atoms with Crippen LogP contribution < -0.4 is 5.32 Å². The Morgan fingerprint density at radius 1 is 1.12 bits per heavy atom. The van der Waals surface area contributed by atoms with Crippen LogP contribution in [-0.4, -0.2) is 32.2 Å². The minimum absolute atomic E-state index is 0.0480. The van der Waals surface area contributed by atoms with Gasteiger partial charge in [-0.1, -0.05) is 42.3 Å². The molecule has 1 amide bonds. The number of halogens is 2. The van der Waals surface area contributed by atoms with Crippen molar-refractivity contribution in [2.75, 3.05) is 18.9 Å². The van der Waals surface area contributed by atoms with Crippen molar-refractivity contribution in [2.24, 2.45) is 0 Å². The first-order valence-electron chi connectivity index (χ1n) is 7.54. The summed E-state index contributed by atoms with van der Waals surface area (Å²) < 4.78 is 26.1. The summed E-state index contributed by atoms with van der Waals surface area (Å²) in [5, 5.41) is 2.96. The van der Waals surface area contributed by atoms with Gasteiger partial charge in [0.05, 0.1) is 11.6 Å². The maximum Gasteiger partial charge on any atom is 0.244 e. The van der Waals surface area contributed by atoms with Crippen LogP contribution in [0.15, 0.2) is 47.4 Å². The standard InChI is InChI=1S/C17H18Cl2N2O3S/c1-3-12-4-7-14(8-5-12)20-17(22)11-21(2)25(23,24)16-10-13(18)6-9-15(16)19/h4-10H,3,11H2,1-2H3,(H,20,22). The molecule has 2 aromatic carbocycles. The molecule has 0 aliphatic heterocycles. The molecule has 2 rings (SSSR count). The van der Waals surface area contributed by atoms with Gasteiger partial charge in [-0.15, -0.1) is 0 Å². The predicted molar refractivity (Wildman–Crippen MR) is 101 cm³/mol. The number of benzene rings is 2. The highest BCUT2D eigenvalue weighted by molar-refractivity contribution is 7.89. The molecule has 0 heterocycles. The molecule has 0 unspecified atom stereocenters. The van der Waals surface area contributed by atoms with Crippen molar-refractivity contribution in [1.82, 2.24) is 4.31 Å². The summed E-state index contributed by atoms with van der Waals surface area (Å²) in [6.07, 6.45) is 0.898. The molecule has 0 aromatic heterocycles. The largest absolute Gasteiger partial charge is 0.325 e. The molecule has 25 heavy (non-hydrogen) atoms. The third kappa shape index (κ3) is 4.95. The summed E-state index contributed by atoms with van der Waals surface area (Å²) in [4.78, 5) is 12.0. The summed E-state index contributed by atoms with van der Waals surface area (Å²) in [6.45, 7) is 1.69. The number of sulfonamides is 1. The van der Waals surface area contributed by atoms with Crippen LogP contribution in [-0.2, 0) is 21.2 Å². The molecular weight excluding hydrogens is 383 g/mol. The van der Waals surface area contributed by atoms with Gasteiger partial charge in [-0.2, -0.15) is 4.31 Å². The fraction of sp³-hybridized carbons (Fsp3) is 0.235. The Morgan fingerprint density at radius 2 is 1.76 bits per heavy atom. The number of rotatable bonds is 6. The zero-order valence-electron chi connectivity index (χ0n) is 13.8. The van der Waals surface area contributed by atoms with E-state index >= 15 is 0 Å². The molecule has 0 aliphatic rings. The molecule has 2 aromatic rings. The Morgan fingerprint density at radius 3 is 2.36 bits per heavy atom. The molecule has 0 bridgehead atoms. The van der Waals surface area contributed by atoms with Crippen LogP contribution in [0.3, 0.4) is 0 Å². The van der Waals surface area contributed by atoms with Gasteiger partial charge in [0.15, 0.2) is 0 Å². The first kappa shape index (κ1) is 19.7. The Labute approximate surface area is 157 Å². The number of nitrogens with zero attached hydrogens (tertiary/aromatic N) is 1. The highest BCUT2D eigenvalue weighted by Gasteiger charge is 2.25. The number of carbonyl (C=O) groups is 1. The third-order valence-electron chi connectivity index (χ3n) is 3.59. The van der Waals surface area contributed by atoms with Crippen LogP contribution in [0, 0.1) is 0 Å². The van der Waals surface area contributed by atoms with E-state index < -0.39 is 15.9 Å². The Bertz CT molecular complexity index is 868. The molecule has 0 saturated heterocycles. The van der Waals surface area contributed by atoms with Gasteiger partial charge < -0.3 is 5.32 Å². The fourth-order valence-electron chi connectivity index (χ4n) is 2.15. The monoisotopic (exact) mass is 400 g/mol. The lowest BCUT2D eigenvalue weighted by atomic mass is 10.1. The fourth-order valence-corrected chi connectivity index (χ4v) is 4.01. The van der Waals surface area contributed by atoms with Crippen LogP contribution in [0.25, 0.3) is 0 Å². The van der Waals surface area contributed by atoms with E-state index in [1.54, 1.807) is 12.1 Å². The first-order valence-corrected chi connectivity index (χ1v) is 9.74. The smallest absolute Gasteiger partial charge is 0.244 e. The van der Waals surface area contributed by atoms with Crippen LogP contribution in [0.4, 0.5) is 5.69 Å². The number of anilines is 1. The first-order chi connectivity index (χ1) is 11.7. The van der Waals surface area contributed by atoms with Gasteiger partial charge in [0, 0.05) is 17.8 Å². The van der Waals surface area contributed by atoms with E-state index in [9.17, 15) is 13.2 Å². The number of carbonyl (C=O) groups excluding carboxylic acids is 1. The Hall–Kier alpha value is -1.60. The maximum absolute atomic E-state index is 12.6. The molecule has 0 spiro atoms. The zero-order valence-corrected chi connectivity index (χ0v) is 16.1. The summed E-state index contributed by atoms with van der Waals surface area (Å²) in [6, 6.07) is 11.5. The summed E-state index contributed by atoms with van der Waals surface area (Å²) in [5.74, 6) is -0.450. The van der Waals surface area contributed by atoms with Crippen molar-refractivity contribution >= 4 is 44.8 Å². The second-order valence-electron chi connectivity index (χ2n) is 5.43. The number of amides is 1. The van der Waals surface area contributed by atoms with E-state index in [-0.39, 0.29) is 21.5 Å². The molecule has 134 valence electrons. The SMILES string of the molecule is CCc1ccc(NC(=O)CN(C)S(=O)(=O)c2cc(Cl)ccc2Cl)cc1. The van der Waals surface area contributed by atoms with Gasteiger partial charge in [0.1, 0.15) is 4.90 Å². The molecule has 1 N–H and O–H groups in total. The highest BCUT2D eigenvalue weighted by Crippen LogP contribution is 2.27. The van der Waals surface area contributed by atoms with Crippen molar-refractivity contribution < 1.29 is 13.2 Å². The highest BCUT2D eigenvalue weighted by atomic mass is 35.5. The summed E-state index contributed by atoms with van der Waals surface area (Å²) in [5.41, 5.74) is 1.75. The van der Waals surface area contributed by atoms with Crippen LogP contribution in [0.1, 0.15) is 12.5 Å². The molecule has 0 radical (unpaired) electrons. The zero-order chi connectivity index (χ0) is 18.6. The molecule has 0 atom stereocenters. The molecule has 0 fully saturated rings. The van der Waals surface area contributed by atoms with E-state index in [2.05, 4.69) is 5.32 Å². The number of hydrogen-bond donors (Lipinski definition) is 1. The molecule has 0 aliphatic carbocycles. The molecule has 5 nitrogen and oxygen atoms in total. The Balaban J connectivity index is 2.10.